The predicted molar refractivity (Wildman–Crippen MR) is 72.2 cm³/mol. The van der Waals surface area contributed by atoms with Gasteiger partial charge in [-0.2, -0.15) is 0 Å². The maximum absolute atomic E-state index is 12.9. The second kappa shape index (κ2) is 8.19. The predicted octanol–water partition coefficient (Wildman–Crippen LogP) is 2.05. The third kappa shape index (κ3) is 5.12. The Bertz CT molecular complexity index is 329. The quantitative estimate of drug-likeness (QED) is 0.768. The van der Waals surface area contributed by atoms with Crippen molar-refractivity contribution in [2.24, 2.45) is 0 Å². The second-order valence-electron chi connectivity index (χ2n) is 4.48. The molecule has 0 fully saturated rings. The lowest BCUT2D eigenvalue weighted by Gasteiger charge is -2.21. The van der Waals surface area contributed by atoms with E-state index in [1.54, 1.807) is 7.11 Å². The number of hydrogen-bond donors (Lipinski definition) is 1. The minimum Gasteiger partial charge on any atom is -0.383 e. The Hall–Kier alpha value is -0.970. The van der Waals surface area contributed by atoms with E-state index in [0.717, 1.165) is 31.7 Å². The smallest absolute Gasteiger partial charge is 0.123 e. The normalized spacial score (nSPS) is 12.9. The highest BCUT2D eigenvalue weighted by Gasteiger charge is 2.10. The summed E-state index contributed by atoms with van der Waals surface area (Å²) in [6, 6.07) is 6.95. The number of halogens is 1. The van der Waals surface area contributed by atoms with E-state index in [4.69, 9.17) is 4.74 Å². The zero-order chi connectivity index (χ0) is 13.4. The van der Waals surface area contributed by atoms with Crippen LogP contribution in [-0.2, 0) is 4.74 Å². The Balaban J connectivity index is 2.44. The lowest BCUT2D eigenvalue weighted by Crippen LogP contribution is -2.27. The van der Waals surface area contributed by atoms with Gasteiger partial charge < -0.3 is 15.0 Å². The van der Waals surface area contributed by atoms with Gasteiger partial charge in [0.25, 0.3) is 0 Å². The summed E-state index contributed by atoms with van der Waals surface area (Å²) in [5.74, 6) is -0.189. The van der Waals surface area contributed by atoms with Crippen molar-refractivity contribution in [3.8, 4) is 0 Å². The van der Waals surface area contributed by atoms with Crippen LogP contribution in [0.15, 0.2) is 24.3 Å². The van der Waals surface area contributed by atoms with E-state index >= 15 is 0 Å². The van der Waals surface area contributed by atoms with Crippen LogP contribution < -0.4 is 5.32 Å². The fourth-order valence-corrected chi connectivity index (χ4v) is 1.88. The highest BCUT2D eigenvalue weighted by Crippen LogP contribution is 2.17. The van der Waals surface area contributed by atoms with Crippen LogP contribution in [0.4, 0.5) is 4.39 Å². The molecule has 1 aromatic carbocycles. The summed E-state index contributed by atoms with van der Waals surface area (Å²) >= 11 is 0. The van der Waals surface area contributed by atoms with Crippen LogP contribution in [0.2, 0.25) is 0 Å². The van der Waals surface area contributed by atoms with Crippen LogP contribution >= 0.6 is 0 Å². The van der Waals surface area contributed by atoms with Gasteiger partial charge >= 0.3 is 0 Å². The molecule has 0 bridgehead atoms. The van der Waals surface area contributed by atoms with Crippen molar-refractivity contribution in [2.45, 2.75) is 12.5 Å². The first-order chi connectivity index (χ1) is 8.67. The second-order valence-corrected chi connectivity index (χ2v) is 4.48. The van der Waals surface area contributed by atoms with E-state index in [1.807, 2.05) is 19.2 Å². The van der Waals surface area contributed by atoms with Gasteiger partial charge in [-0.1, -0.05) is 12.1 Å². The molecule has 3 nitrogen and oxygen atoms in total. The van der Waals surface area contributed by atoms with E-state index in [1.165, 1.54) is 12.1 Å². The molecule has 0 aliphatic rings. The number of hydrogen-bond acceptors (Lipinski definition) is 3. The average molecular weight is 254 g/mol. The van der Waals surface area contributed by atoms with Crippen molar-refractivity contribution in [3.63, 3.8) is 0 Å². The summed E-state index contributed by atoms with van der Waals surface area (Å²) in [6.45, 7) is 2.65. The molecule has 1 aromatic rings. The summed E-state index contributed by atoms with van der Waals surface area (Å²) in [5.41, 5.74) is 1.12. The van der Waals surface area contributed by atoms with Gasteiger partial charge in [0.2, 0.25) is 0 Å². The highest BCUT2D eigenvalue weighted by molar-refractivity contribution is 5.19. The fourth-order valence-electron chi connectivity index (χ4n) is 1.88. The standard InChI is InChI=1S/C14H23FN2O/c1-16-14(8-9-17(2)10-11-18-3)12-4-6-13(15)7-5-12/h4-7,14,16H,8-11H2,1-3H3. The first kappa shape index (κ1) is 15.1. The SMILES string of the molecule is CNC(CCN(C)CCOC)c1ccc(F)cc1. The Morgan fingerprint density at radius 3 is 2.50 bits per heavy atom. The number of benzene rings is 1. The summed E-state index contributed by atoms with van der Waals surface area (Å²) in [7, 11) is 5.72. The van der Waals surface area contributed by atoms with Gasteiger partial charge in [-0.15, -0.1) is 0 Å². The first-order valence-corrected chi connectivity index (χ1v) is 6.27. The third-order valence-electron chi connectivity index (χ3n) is 3.10. The molecule has 1 N–H and O–H groups in total. The first-order valence-electron chi connectivity index (χ1n) is 6.27. The largest absolute Gasteiger partial charge is 0.383 e. The summed E-state index contributed by atoms with van der Waals surface area (Å²) in [4.78, 5) is 2.23. The van der Waals surface area contributed by atoms with Crippen LogP contribution in [0.1, 0.15) is 18.0 Å². The van der Waals surface area contributed by atoms with Gasteiger partial charge in [0.1, 0.15) is 5.82 Å². The molecular formula is C14H23FN2O. The monoisotopic (exact) mass is 254 g/mol. The Labute approximate surface area is 109 Å². The van der Waals surface area contributed by atoms with Crippen molar-refractivity contribution in [1.82, 2.24) is 10.2 Å². The van der Waals surface area contributed by atoms with E-state index in [9.17, 15) is 4.39 Å². The molecule has 0 spiro atoms. The van der Waals surface area contributed by atoms with Gasteiger partial charge in [-0.05, 0) is 44.8 Å². The third-order valence-corrected chi connectivity index (χ3v) is 3.10. The van der Waals surface area contributed by atoms with Crippen molar-refractivity contribution in [2.75, 3.05) is 40.9 Å². The van der Waals surface area contributed by atoms with Crippen molar-refractivity contribution < 1.29 is 9.13 Å². The molecule has 0 aromatic heterocycles. The lowest BCUT2D eigenvalue weighted by atomic mass is 10.0. The molecular weight excluding hydrogens is 231 g/mol. The molecule has 1 unspecified atom stereocenters. The fraction of sp³-hybridized carbons (Fsp3) is 0.571. The molecule has 0 amide bonds. The van der Waals surface area contributed by atoms with Gasteiger partial charge in [-0.25, -0.2) is 4.39 Å². The molecule has 0 heterocycles. The number of likely N-dealkylation sites (N-methyl/N-ethyl adjacent to an activating group) is 1. The Morgan fingerprint density at radius 2 is 1.94 bits per heavy atom. The lowest BCUT2D eigenvalue weighted by molar-refractivity contribution is 0.159. The molecule has 0 aliphatic carbocycles. The molecule has 1 atom stereocenters. The molecule has 102 valence electrons. The molecule has 0 saturated carbocycles. The minimum atomic E-state index is -0.189. The van der Waals surface area contributed by atoms with Gasteiger partial charge in [0.05, 0.1) is 6.61 Å². The van der Waals surface area contributed by atoms with Crippen LogP contribution in [0.25, 0.3) is 0 Å². The topological polar surface area (TPSA) is 24.5 Å². The van der Waals surface area contributed by atoms with Crippen molar-refractivity contribution >= 4 is 0 Å². The molecule has 18 heavy (non-hydrogen) atoms. The van der Waals surface area contributed by atoms with E-state index in [-0.39, 0.29) is 11.9 Å². The molecule has 0 aliphatic heterocycles. The molecule has 4 heteroatoms. The minimum absolute atomic E-state index is 0.189. The van der Waals surface area contributed by atoms with E-state index < -0.39 is 0 Å². The van der Waals surface area contributed by atoms with Crippen molar-refractivity contribution in [3.05, 3.63) is 35.6 Å². The number of rotatable bonds is 8. The number of methoxy groups -OCH3 is 1. The highest BCUT2D eigenvalue weighted by atomic mass is 19.1. The van der Waals surface area contributed by atoms with Crippen LogP contribution in [0.5, 0.6) is 0 Å². The maximum atomic E-state index is 12.9. The number of ether oxygens (including phenoxy) is 1. The maximum Gasteiger partial charge on any atom is 0.123 e. The van der Waals surface area contributed by atoms with Gasteiger partial charge in [0, 0.05) is 19.7 Å². The van der Waals surface area contributed by atoms with Crippen LogP contribution in [0.3, 0.4) is 0 Å². The summed E-state index contributed by atoms with van der Waals surface area (Å²) in [6.07, 6.45) is 0.988. The summed E-state index contributed by atoms with van der Waals surface area (Å²) < 4.78 is 17.9. The zero-order valence-corrected chi connectivity index (χ0v) is 11.4. The number of nitrogens with one attached hydrogen (secondary N) is 1. The summed E-state index contributed by atoms with van der Waals surface area (Å²) in [5, 5.41) is 3.27. The zero-order valence-electron chi connectivity index (χ0n) is 11.4. The molecule has 1 rings (SSSR count). The van der Waals surface area contributed by atoms with Gasteiger partial charge in [-0.3, -0.25) is 0 Å². The van der Waals surface area contributed by atoms with Gasteiger partial charge in [0.15, 0.2) is 0 Å². The Kier molecular flexibility index (Phi) is 6.86. The average Bonchev–Trinajstić information content (AvgIpc) is 2.39. The Morgan fingerprint density at radius 1 is 1.28 bits per heavy atom. The van der Waals surface area contributed by atoms with E-state index in [2.05, 4.69) is 17.3 Å². The van der Waals surface area contributed by atoms with Crippen molar-refractivity contribution in [1.29, 1.82) is 0 Å². The van der Waals surface area contributed by atoms with Crippen LogP contribution in [0, 0.1) is 5.82 Å². The molecule has 0 saturated heterocycles. The van der Waals surface area contributed by atoms with Crippen LogP contribution in [-0.4, -0.2) is 45.8 Å². The molecule has 0 radical (unpaired) electrons. The number of nitrogens with zero attached hydrogens (tertiary/aromatic N) is 1. The van der Waals surface area contributed by atoms with E-state index in [0.29, 0.717) is 0 Å².